The second-order valence-electron chi connectivity index (χ2n) is 2.55. The van der Waals surface area contributed by atoms with E-state index in [-0.39, 0.29) is 0 Å². The lowest BCUT2D eigenvalue weighted by atomic mass is 10.1. The second kappa shape index (κ2) is 3.19. The van der Waals surface area contributed by atoms with Gasteiger partial charge in [0.2, 0.25) is 0 Å². The maximum Gasteiger partial charge on any atom is 0.0836 e. The molecule has 0 fully saturated rings. The first kappa shape index (κ1) is 7.79. The minimum atomic E-state index is 0.644. The van der Waals surface area contributed by atoms with Crippen molar-refractivity contribution in [2.24, 2.45) is 5.16 Å². The summed E-state index contributed by atoms with van der Waals surface area (Å²) in [5, 5.41) is 11.6. The van der Waals surface area contributed by atoms with Crippen LogP contribution in [0.15, 0.2) is 29.4 Å². The van der Waals surface area contributed by atoms with E-state index in [0.29, 0.717) is 5.71 Å². The summed E-state index contributed by atoms with van der Waals surface area (Å²) in [6, 6.07) is 7.85. The lowest BCUT2D eigenvalue weighted by molar-refractivity contribution is 0.319. The molecule has 2 heteroatoms. The monoisotopic (exact) mass is 149 g/mol. The Balaban J connectivity index is 2.99. The van der Waals surface area contributed by atoms with Gasteiger partial charge in [-0.3, -0.25) is 0 Å². The Morgan fingerprint density at radius 2 is 1.82 bits per heavy atom. The molecule has 0 unspecified atom stereocenters. The van der Waals surface area contributed by atoms with E-state index in [4.69, 9.17) is 5.21 Å². The van der Waals surface area contributed by atoms with Gasteiger partial charge >= 0.3 is 0 Å². The molecule has 1 aromatic rings. The van der Waals surface area contributed by atoms with Gasteiger partial charge in [-0.2, -0.15) is 0 Å². The summed E-state index contributed by atoms with van der Waals surface area (Å²) in [5.74, 6) is 0. The van der Waals surface area contributed by atoms with Crippen LogP contribution < -0.4 is 0 Å². The summed E-state index contributed by atoms with van der Waals surface area (Å²) in [5.41, 5.74) is 2.81. The molecule has 0 spiro atoms. The number of oxime groups is 1. The van der Waals surface area contributed by atoms with Crippen molar-refractivity contribution in [3.63, 3.8) is 0 Å². The SMILES string of the molecule is C/C(=N\O)c1ccc(C)cc1. The van der Waals surface area contributed by atoms with E-state index in [9.17, 15) is 0 Å². The summed E-state index contributed by atoms with van der Waals surface area (Å²) >= 11 is 0. The van der Waals surface area contributed by atoms with Gasteiger partial charge in [0.15, 0.2) is 0 Å². The van der Waals surface area contributed by atoms with E-state index in [2.05, 4.69) is 5.16 Å². The highest BCUT2D eigenvalue weighted by atomic mass is 16.4. The van der Waals surface area contributed by atoms with Crippen molar-refractivity contribution in [2.75, 3.05) is 0 Å². The minimum Gasteiger partial charge on any atom is -0.411 e. The van der Waals surface area contributed by atoms with Crippen LogP contribution in [0.5, 0.6) is 0 Å². The van der Waals surface area contributed by atoms with E-state index in [1.807, 2.05) is 31.2 Å². The number of benzene rings is 1. The van der Waals surface area contributed by atoms with E-state index in [1.165, 1.54) is 5.56 Å². The number of hydrogen-bond donors (Lipinski definition) is 1. The van der Waals surface area contributed by atoms with Gasteiger partial charge in [-0.25, -0.2) is 0 Å². The first-order valence-corrected chi connectivity index (χ1v) is 3.49. The largest absolute Gasteiger partial charge is 0.411 e. The molecular formula is C9H11NO. The molecule has 0 atom stereocenters. The molecule has 0 amide bonds. The van der Waals surface area contributed by atoms with Crippen LogP contribution in [0.2, 0.25) is 0 Å². The van der Waals surface area contributed by atoms with E-state index in [0.717, 1.165) is 5.56 Å². The third-order valence-corrected chi connectivity index (χ3v) is 1.62. The predicted octanol–water partition coefficient (Wildman–Crippen LogP) is 2.19. The molecule has 58 valence electrons. The van der Waals surface area contributed by atoms with Crippen molar-refractivity contribution < 1.29 is 5.21 Å². The summed E-state index contributed by atoms with van der Waals surface area (Å²) in [4.78, 5) is 0. The topological polar surface area (TPSA) is 32.6 Å². The molecule has 0 saturated heterocycles. The standard InChI is InChI=1S/C9H11NO/c1-7-3-5-9(6-4-7)8(2)10-11/h3-6,11H,1-2H3/b10-8+. The zero-order valence-electron chi connectivity index (χ0n) is 6.70. The third kappa shape index (κ3) is 1.80. The fourth-order valence-corrected chi connectivity index (χ4v) is 0.852. The zero-order valence-corrected chi connectivity index (χ0v) is 6.70. The Hall–Kier alpha value is -1.31. The third-order valence-electron chi connectivity index (χ3n) is 1.62. The van der Waals surface area contributed by atoms with Gasteiger partial charge in [-0.15, -0.1) is 0 Å². The van der Waals surface area contributed by atoms with Gasteiger partial charge in [-0.1, -0.05) is 35.0 Å². The molecule has 2 nitrogen and oxygen atoms in total. The number of nitrogens with zero attached hydrogens (tertiary/aromatic N) is 1. The zero-order chi connectivity index (χ0) is 8.27. The fourth-order valence-electron chi connectivity index (χ4n) is 0.852. The molecule has 1 N–H and O–H groups in total. The molecule has 0 radical (unpaired) electrons. The smallest absolute Gasteiger partial charge is 0.0836 e. The average Bonchev–Trinajstić information content (AvgIpc) is 2.05. The van der Waals surface area contributed by atoms with Gasteiger partial charge < -0.3 is 5.21 Å². The van der Waals surface area contributed by atoms with E-state index in [1.54, 1.807) is 6.92 Å². The average molecular weight is 149 g/mol. The van der Waals surface area contributed by atoms with Gasteiger partial charge in [0.05, 0.1) is 5.71 Å². The molecule has 0 saturated carbocycles. The van der Waals surface area contributed by atoms with E-state index < -0.39 is 0 Å². The van der Waals surface area contributed by atoms with Gasteiger partial charge in [0.1, 0.15) is 0 Å². The first-order valence-electron chi connectivity index (χ1n) is 3.49. The van der Waals surface area contributed by atoms with Crippen LogP contribution in [0.1, 0.15) is 18.1 Å². The van der Waals surface area contributed by atoms with Crippen LogP contribution in [0.4, 0.5) is 0 Å². The number of rotatable bonds is 1. The first-order chi connectivity index (χ1) is 5.24. The molecule has 0 bridgehead atoms. The quantitative estimate of drug-likeness (QED) is 0.370. The van der Waals surface area contributed by atoms with Gasteiger partial charge in [-0.05, 0) is 19.4 Å². The minimum absolute atomic E-state index is 0.644. The summed E-state index contributed by atoms with van der Waals surface area (Å²) < 4.78 is 0. The molecule has 0 aliphatic carbocycles. The summed E-state index contributed by atoms with van der Waals surface area (Å²) in [7, 11) is 0. The lowest BCUT2D eigenvalue weighted by Crippen LogP contribution is -1.93. The molecule has 0 aliphatic heterocycles. The summed E-state index contributed by atoms with van der Waals surface area (Å²) in [6.45, 7) is 3.79. The molecule has 0 heterocycles. The normalized spacial score (nSPS) is 11.6. The van der Waals surface area contributed by atoms with Crippen LogP contribution in [0, 0.1) is 6.92 Å². The lowest BCUT2D eigenvalue weighted by Gasteiger charge is -1.97. The molecule has 1 rings (SSSR count). The van der Waals surface area contributed by atoms with Gasteiger partial charge in [0, 0.05) is 0 Å². The van der Waals surface area contributed by atoms with Crippen molar-refractivity contribution >= 4 is 5.71 Å². The predicted molar refractivity (Wildman–Crippen MR) is 45.2 cm³/mol. The second-order valence-corrected chi connectivity index (χ2v) is 2.55. The Morgan fingerprint density at radius 1 is 1.27 bits per heavy atom. The molecule has 0 aliphatic rings. The number of hydrogen-bond acceptors (Lipinski definition) is 2. The maximum absolute atomic E-state index is 8.45. The Labute approximate surface area is 66.2 Å². The van der Waals surface area contributed by atoms with Crippen molar-refractivity contribution in [2.45, 2.75) is 13.8 Å². The summed E-state index contributed by atoms with van der Waals surface area (Å²) in [6.07, 6.45) is 0. The molecule has 11 heavy (non-hydrogen) atoms. The van der Waals surface area contributed by atoms with Crippen LogP contribution in [-0.2, 0) is 0 Å². The molecular weight excluding hydrogens is 138 g/mol. The van der Waals surface area contributed by atoms with E-state index >= 15 is 0 Å². The van der Waals surface area contributed by atoms with Crippen molar-refractivity contribution in [3.05, 3.63) is 35.4 Å². The van der Waals surface area contributed by atoms with Crippen molar-refractivity contribution in [3.8, 4) is 0 Å². The maximum atomic E-state index is 8.45. The Kier molecular flexibility index (Phi) is 2.26. The fraction of sp³-hybridized carbons (Fsp3) is 0.222. The molecule has 1 aromatic carbocycles. The highest BCUT2D eigenvalue weighted by Gasteiger charge is 1.94. The molecule has 0 aromatic heterocycles. The highest BCUT2D eigenvalue weighted by Crippen LogP contribution is 2.03. The van der Waals surface area contributed by atoms with Crippen LogP contribution in [0.25, 0.3) is 0 Å². The number of aryl methyl sites for hydroxylation is 1. The Bertz CT molecular complexity index is 261. The van der Waals surface area contributed by atoms with Crippen LogP contribution in [0.3, 0.4) is 0 Å². The van der Waals surface area contributed by atoms with Crippen molar-refractivity contribution in [1.29, 1.82) is 0 Å². The van der Waals surface area contributed by atoms with Crippen molar-refractivity contribution in [1.82, 2.24) is 0 Å². The van der Waals surface area contributed by atoms with Crippen LogP contribution >= 0.6 is 0 Å². The van der Waals surface area contributed by atoms with Gasteiger partial charge in [0.25, 0.3) is 0 Å². The Morgan fingerprint density at radius 3 is 2.27 bits per heavy atom. The highest BCUT2D eigenvalue weighted by molar-refractivity contribution is 5.98. The van der Waals surface area contributed by atoms with Crippen LogP contribution in [-0.4, -0.2) is 10.9 Å².